The molecule has 3 heteroatoms. The lowest BCUT2D eigenvalue weighted by atomic mass is 10.1. The molecule has 1 rings (SSSR count). The topological polar surface area (TPSA) is 43.8 Å². The summed E-state index contributed by atoms with van der Waals surface area (Å²) in [5.74, 6) is 6.26. The standard InChI is InChI=1S/C13H21N3/c1-5-7-12(14)8-9-13-10(3)15-16(6-2)11(13)4/h12H,5-7,14H2,1-4H3. The number of aryl methyl sites for hydroxylation is 2. The molecule has 0 spiro atoms. The summed E-state index contributed by atoms with van der Waals surface area (Å²) >= 11 is 0. The highest BCUT2D eigenvalue weighted by Gasteiger charge is 2.07. The van der Waals surface area contributed by atoms with Crippen molar-refractivity contribution in [3.05, 3.63) is 17.0 Å². The van der Waals surface area contributed by atoms with E-state index in [0.29, 0.717) is 0 Å². The molecular weight excluding hydrogens is 198 g/mol. The lowest BCUT2D eigenvalue weighted by molar-refractivity contribution is 0.634. The quantitative estimate of drug-likeness (QED) is 0.790. The molecule has 0 radical (unpaired) electrons. The fraction of sp³-hybridized carbons (Fsp3) is 0.615. The Morgan fingerprint density at radius 1 is 1.38 bits per heavy atom. The van der Waals surface area contributed by atoms with E-state index in [1.165, 1.54) is 0 Å². The van der Waals surface area contributed by atoms with E-state index in [9.17, 15) is 0 Å². The lowest BCUT2D eigenvalue weighted by Crippen LogP contribution is -2.16. The predicted molar refractivity (Wildman–Crippen MR) is 67.1 cm³/mol. The van der Waals surface area contributed by atoms with Gasteiger partial charge < -0.3 is 5.73 Å². The first-order valence-corrected chi connectivity index (χ1v) is 5.91. The van der Waals surface area contributed by atoms with Gasteiger partial charge in [0.2, 0.25) is 0 Å². The zero-order chi connectivity index (χ0) is 12.1. The highest BCUT2D eigenvalue weighted by Crippen LogP contribution is 2.11. The van der Waals surface area contributed by atoms with Gasteiger partial charge in [-0.3, -0.25) is 4.68 Å². The van der Waals surface area contributed by atoms with Crippen LogP contribution in [0.3, 0.4) is 0 Å². The van der Waals surface area contributed by atoms with E-state index in [1.54, 1.807) is 0 Å². The van der Waals surface area contributed by atoms with Gasteiger partial charge in [0.1, 0.15) is 0 Å². The van der Waals surface area contributed by atoms with Gasteiger partial charge in [-0.25, -0.2) is 0 Å². The van der Waals surface area contributed by atoms with Crippen molar-refractivity contribution in [2.75, 3.05) is 0 Å². The molecule has 1 aromatic rings. The van der Waals surface area contributed by atoms with Crippen LogP contribution in [-0.4, -0.2) is 15.8 Å². The van der Waals surface area contributed by atoms with E-state index in [-0.39, 0.29) is 6.04 Å². The molecule has 3 nitrogen and oxygen atoms in total. The molecule has 2 N–H and O–H groups in total. The summed E-state index contributed by atoms with van der Waals surface area (Å²) in [6, 6.07) is -0.0197. The second-order valence-electron chi connectivity index (χ2n) is 4.03. The molecule has 0 bridgehead atoms. The zero-order valence-electron chi connectivity index (χ0n) is 10.7. The van der Waals surface area contributed by atoms with Crippen molar-refractivity contribution in [2.45, 2.75) is 53.1 Å². The molecule has 16 heavy (non-hydrogen) atoms. The summed E-state index contributed by atoms with van der Waals surface area (Å²) in [5, 5.41) is 4.43. The van der Waals surface area contributed by atoms with Crippen LogP contribution < -0.4 is 5.73 Å². The van der Waals surface area contributed by atoms with Crippen molar-refractivity contribution in [3.63, 3.8) is 0 Å². The molecular formula is C13H21N3. The van der Waals surface area contributed by atoms with Crippen LogP contribution in [0.25, 0.3) is 0 Å². The summed E-state index contributed by atoms with van der Waals surface area (Å²) < 4.78 is 1.98. The number of nitrogens with two attached hydrogens (primary N) is 1. The lowest BCUT2D eigenvalue weighted by Gasteiger charge is -1.99. The highest BCUT2D eigenvalue weighted by atomic mass is 15.3. The van der Waals surface area contributed by atoms with Crippen molar-refractivity contribution in [2.24, 2.45) is 5.73 Å². The van der Waals surface area contributed by atoms with Gasteiger partial charge in [-0.05, 0) is 27.2 Å². The second kappa shape index (κ2) is 5.72. The average Bonchev–Trinajstić information content (AvgIpc) is 2.52. The number of rotatable bonds is 3. The fourth-order valence-corrected chi connectivity index (χ4v) is 1.73. The van der Waals surface area contributed by atoms with Crippen LogP contribution in [0, 0.1) is 25.7 Å². The molecule has 0 aliphatic carbocycles. The molecule has 88 valence electrons. The van der Waals surface area contributed by atoms with E-state index in [1.807, 2.05) is 11.6 Å². The Morgan fingerprint density at radius 2 is 2.06 bits per heavy atom. The third kappa shape index (κ3) is 2.86. The van der Waals surface area contributed by atoms with Crippen molar-refractivity contribution < 1.29 is 0 Å². The zero-order valence-corrected chi connectivity index (χ0v) is 10.7. The molecule has 0 amide bonds. The molecule has 1 heterocycles. The molecule has 0 fully saturated rings. The SMILES string of the molecule is CCCC(N)C#Cc1c(C)nn(CC)c1C. The molecule has 0 aromatic carbocycles. The summed E-state index contributed by atoms with van der Waals surface area (Å²) in [7, 11) is 0. The van der Waals surface area contributed by atoms with Crippen LogP contribution in [0.4, 0.5) is 0 Å². The normalized spacial score (nSPS) is 12.1. The van der Waals surface area contributed by atoms with Gasteiger partial charge in [0.15, 0.2) is 0 Å². The van der Waals surface area contributed by atoms with Gasteiger partial charge in [0.25, 0.3) is 0 Å². The number of hydrogen-bond acceptors (Lipinski definition) is 2. The Bertz CT molecular complexity index is 407. The summed E-state index contributed by atoms with van der Waals surface area (Å²) in [6.45, 7) is 9.13. The van der Waals surface area contributed by atoms with Crippen molar-refractivity contribution in [1.82, 2.24) is 9.78 Å². The third-order valence-corrected chi connectivity index (χ3v) is 2.66. The monoisotopic (exact) mass is 219 g/mol. The van der Waals surface area contributed by atoms with Crippen LogP contribution in [0.1, 0.15) is 43.6 Å². The van der Waals surface area contributed by atoms with E-state index in [2.05, 4.69) is 37.7 Å². The molecule has 0 saturated heterocycles. The van der Waals surface area contributed by atoms with Crippen molar-refractivity contribution in [1.29, 1.82) is 0 Å². The Morgan fingerprint density at radius 3 is 2.56 bits per heavy atom. The van der Waals surface area contributed by atoms with E-state index < -0.39 is 0 Å². The first kappa shape index (κ1) is 12.8. The van der Waals surface area contributed by atoms with Crippen LogP contribution in [0.5, 0.6) is 0 Å². The van der Waals surface area contributed by atoms with Gasteiger partial charge in [0.05, 0.1) is 23.0 Å². The molecule has 1 aromatic heterocycles. The fourth-order valence-electron chi connectivity index (χ4n) is 1.73. The minimum absolute atomic E-state index is 0.0197. The smallest absolute Gasteiger partial charge is 0.0753 e. The van der Waals surface area contributed by atoms with Gasteiger partial charge in [-0.2, -0.15) is 5.10 Å². The highest BCUT2D eigenvalue weighted by molar-refractivity contribution is 5.41. The summed E-state index contributed by atoms with van der Waals surface area (Å²) in [4.78, 5) is 0. The first-order chi connectivity index (χ1) is 7.60. The van der Waals surface area contributed by atoms with Crippen LogP contribution in [0.15, 0.2) is 0 Å². The predicted octanol–water partition coefficient (Wildman–Crippen LogP) is 2.00. The number of hydrogen-bond donors (Lipinski definition) is 1. The van der Waals surface area contributed by atoms with Gasteiger partial charge in [-0.1, -0.05) is 25.2 Å². The largest absolute Gasteiger partial charge is 0.318 e. The van der Waals surface area contributed by atoms with Crippen LogP contribution in [-0.2, 0) is 6.54 Å². The minimum Gasteiger partial charge on any atom is -0.318 e. The molecule has 0 aliphatic rings. The Balaban J connectivity index is 2.92. The first-order valence-electron chi connectivity index (χ1n) is 5.91. The Labute approximate surface area is 98.0 Å². The van der Waals surface area contributed by atoms with E-state index in [4.69, 9.17) is 5.73 Å². The molecule has 0 aliphatic heterocycles. The van der Waals surface area contributed by atoms with E-state index in [0.717, 1.165) is 36.3 Å². The van der Waals surface area contributed by atoms with Crippen LogP contribution in [0.2, 0.25) is 0 Å². The van der Waals surface area contributed by atoms with E-state index >= 15 is 0 Å². The summed E-state index contributed by atoms with van der Waals surface area (Å²) in [5.41, 5.74) is 9.04. The second-order valence-corrected chi connectivity index (χ2v) is 4.03. The maximum Gasteiger partial charge on any atom is 0.0753 e. The minimum atomic E-state index is -0.0197. The molecule has 1 unspecified atom stereocenters. The van der Waals surface area contributed by atoms with Crippen molar-refractivity contribution >= 4 is 0 Å². The van der Waals surface area contributed by atoms with Gasteiger partial charge >= 0.3 is 0 Å². The third-order valence-electron chi connectivity index (χ3n) is 2.66. The Hall–Kier alpha value is -1.27. The maximum atomic E-state index is 5.87. The molecule has 0 saturated carbocycles. The maximum absolute atomic E-state index is 5.87. The number of nitrogens with zero attached hydrogens (tertiary/aromatic N) is 2. The molecule has 1 atom stereocenters. The van der Waals surface area contributed by atoms with Gasteiger partial charge in [-0.15, -0.1) is 0 Å². The van der Waals surface area contributed by atoms with Crippen LogP contribution >= 0.6 is 0 Å². The Kier molecular flexibility index (Phi) is 4.57. The summed E-state index contributed by atoms with van der Waals surface area (Å²) in [6.07, 6.45) is 2.02. The number of aromatic nitrogens is 2. The average molecular weight is 219 g/mol. The van der Waals surface area contributed by atoms with Gasteiger partial charge in [0, 0.05) is 6.54 Å². The van der Waals surface area contributed by atoms with Crippen molar-refractivity contribution in [3.8, 4) is 11.8 Å².